The fourth-order valence-corrected chi connectivity index (χ4v) is 3.33. The van der Waals surface area contributed by atoms with E-state index >= 15 is 0 Å². The third-order valence-electron chi connectivity index (χ3n) is 5.00. The maximum atomic E-state index is 14.2. The van der Waals surface area contributed by atoms with E-state index in [-0.39, 0.29) is 17.6 Å². The van der Waals surface area contributed by atoms with Crippen LogP contribution < -0.4 is 20.9 Å². The summed E-state index contributed by atoms with van der Waals surface area (Å²) in [4.78, 5) is 35.5. The van der Waals surface area contributed by atoms with Crippen LogP contribution in [-0.2, 0) is 9.53 Å². The number of carbonyl (C=O) groups excluding carboxylic acids is 2. The summed E-state index contributed by atoms with van der Waals surface area (Å²) >= 11 is 0. The number of carbonyl (C=O) groups is 2. The first-order valence-corrected chi connectivity index (χ1v) is 9.54. The number of primary amides is 1. The summed E-state index contributed by atoms with van der Waals surface area (Å²) in [5, 5.41) is 2.97. The summed E-state index contributed by atoms with van der Waals surface area (Å²) in [6, 6.07) is 2.51. The van der Waals surface area contributed by atoms with Crippen molar-refractivity contribution in [1.29, 1.82) is 0 Å². The molecule has 1 aliphatic rings. The molecule has 1 aromatic heterocycles. The normalized spacial score (nSPS) is 14.3. The quantitative estimate of drug-likeness (QED) is 0.664. The lowest BCUT2D eigenvalue weighted by Crippen LogP contribution is -2.40. The van der Waals surface area contributed by atoms with Crippen LogP contribution in [0.5, 0.6) is 0 Å². The first-order chi connectivity index (χ1) is 14.3. The van der Waals surface area contributed by atoms with Crippen molar-refractivity contribution in [2.24, 2.45) is 5.73 Å². The Bertz CT molecular complexity index is 946. The van der Waals surface area contributed by atoms with E-state index in [1.54, 1.807) is 18.0 Å². The second-order valence-electron chi connectivity index (χ2n) is 7.29. The van der Waals surface area contributed by atoms with Crippen LogP contribution in [0.2, 0.25) is 0 Å². The maximum Gasteiger partial charge on any atom is 0.251 e. The molecule has 0 unspecified atom stereocenters. The molecular formula is C20H25FN6O3. The van der Waals surface area contributed by atoms with Gasteiger partial charge in [0.05, 0.1) is 17.4 Å². The molecule has 1 saturated heterocycles. The average molecular weight is 416 g/mol. The van der Waals surface area contributed by atoms with Crippen LogP contribution in [-0.4, -0.2) is 55.6 Å². The number of amides is 2. The molecule has 0 atom stereocenters. The van der Waals surface area contributed by atoms with Crippen molar-refractivity contribution >= 4 is 35.5 Å². The van der Waals surface area contributed by atoms with Crippen LogP contribution in [0.1, 0.15) is 28.8 Å². The van der Waals surface area contributed by atoms with Gasteiger partial charge in [-0.25, -0.2) is 9.37 Å². The number of nitrogens with two attached hydrogens (primary N) is 1. The molecule has 9 nitrogen and oxygen atoms in total. The van der Waals surface area contributed by atoms with Gasteiger partial charge in [-0.3, -0.25) is 14.5 Å². The molecule has 2 aromatic rings. The molecule has 1 fully saturated rings. The Labute approximate surface area is 174 Å². The largest absolute Gasteiger partial charge is 0.381 e. The van der Waals surface area contributed by atoms with Gasteiger partial charge in [-0.05, 0) is 37.5 Å². The molecule has 2 amide bonds. The highest BCUT2D eigenvalue weighted by molar-refractivity contribution is 5.94. The lowest BCUT2D eigenvalue weighted by atomic mass is 10.1. The number of halogens is 1. The molecule has 0 radical (unpaired) electrons. The lowest BCUT2D eigenvalue weighted by Gasteiger charge is -2.32. The Morgan fingerprint density at radius 1 is 1.33 bits per heavy atom. The van der Waals surface area contributed by atoms with Gasteiger partial charge in [-0.1, -0.05) is 0 Å². The third-order valence-corrected chi connectivity index (χ3v) is 5.00. The first-order valence-electron chi connectivity index (χ1n) is 9.54. The van der Waals surface area contributed by atoms with Crippen molar-refractivity contribution in [3.05, 3.63) is 35.3 Å². The maximum absolute atomic E-state index is 14.2. The molecule has 2 heterocycles. The minimum absolute atomic E-state index is 0.0354. The number of aromatic nitrogens is 2. The fourth-order valence-electron chi connectivity index (χ4n) is 3.33. The smallest absolute Gasteiger partial charge is 0.251 e. The summed E-state index contributed by atoms with van der Waals surface area (Å²) in [5.74, 6) is -0.929. The molecule has 1 aromatic carbocycles. The molecule has 0 saturated carbocycles. The van der Waals surface area contributed by atoms with Gasteiger partial charge >= 0.3 is 0 Å². The third kappa shape index (κ3) is 4.48. The Morgan fingerprint density at radius 3 is 2.63 bits per heavy atom. The zero-order chi connectivity index (χ0) is 21.8. The van der Waals surface area contributed by atoms with Crippen molar-refractivity contribution in [2.75, 3.05) is 42.4 Å². The predicted molar refractivity (Wildman–Crippen MR) is 112 cm³/mol. The Morgan fingerprint density at radius 2 is 2.03 bits per heavy atom. The van der Waals surface area contributed by atoms with Gasteiger partial charge < -0.3 is 20.7 Å². The van der Waals surface area contributed by atoms with Gasteiger partial charge in [0.1, 0.15) is 5.82 Å². The number of nitrogens with zero attached hydrogens (tertiary/aromatic N) is 4. The van der Waals surface area contributed by atoms with Crippen molar-refractivity contribution in [1.82, 2.24) is 9.97 Å². The molecule has 3 N–H and O–H groups in total. The molecule has 0 spiro atoms. The van der Waals surface area contributed by atoms with Crippen molar-refractivity contribution in [3.8, 4) is 0 Å². The lowest BCUT2D eigenvalue weighted by molar-refractivity contribution is -0.108. The molecule has 160 valence electrons. The Hall–Kier alpha value is -3.27. The van der Waals surface area contributed by atoms with Crippen LogP contribution >= 0.6 is 0 Å². The molecule has 0 aliphatic carbocycles. The van der Waals surface area contributed by atoms with Gasteiger partial charge in [0.2, 0.25) is 12.4 Å². The standard InChI is InChI=1S/C20H25FN6O3/c1-12-8-14(18(22)29)15(21)9-16(12)24-20-23-10-17(26(2)3)19(25-20)27(11-28)13-4-6-30-7-5-13/h8-11,13H,4-7H2,1-3H3,(H2,22,29)(H,23,24,25). The number of ether oxygens (including phenoxy) is 1. The number of benzene rings is 1. The zero-order valence-electron chi connectivity index (χ0n) is 17.2. The number of nitrogens with one attached hydrogen (secondary N) is 1. The Balaban J connectivity index is 1.97. The van der Waals surface area contributed by atoms with E-state index < -0.39 is 11.7 Å². The molecule has 30 heavy (non-hydrogen) atoms. The fraction of sp³-hybridized carbons (Fsp3) is 0.400. The minimum atomic E-state index is -0.839. The second kappa shape index (κ2) is 9.04. The van der Waals surface area contributed by atoms with Crippen LogP contribution in [0.15, 0.2) is 18.3 Å². The van der Waals surface area contributed by atoms with Gasteiger partial charge in [0, 0.05) is 39.0 Å². The highest BCUT2D eigenvalue weighted by atomic mass is 19.1. The average Bonchev–Trinajstić information content (AvgIpc) is 2.71. The van der Waals surface area contributed by atoms with E-state index in [4.69, 9.17) is 10.5 Å². The first kappa shape index (κ1) is 21.4. The molecule has 1 aliphatic heterocycles. The highest BCUT2D eigenvalue weighted by Gasteiger charge is 2.26. The van der Waals surface area contributed by atoms with Crippen molar-refractivity contribution in [3.63, 3.8) is 0 Å². The molecular weight excluding hydrogens is 391 g/mol. The summed E-state index contributed by atoms with van der Waals surface area (Å²) < 4.78 is 19.6. The van der Waals surface area contributed by atoms with Crippen LogP contribution in [0.25, 0.3) is 0 Å². The summed E-state index contributed by atoms with van der Waals surface area (Å²) in [7, 11) is 3.68. The van der Waals surface area contributed by atoms with Crippen LogP contribution in [0, 0.1) is 12.7 Å². The van der Waals surface area contributed by atoms with E-state index in [1.807, 2.05) is 19.0 Å². The van der Waals surface area contributed by atoms with Gasteiger partial charge in [-0.2, -0.15) is 4.98 Å². The van der Waals surface area contributed by atoms with E-state index in [2.05, 4.69) is 15.3 Å². The highest BCUT2D eigenvalue weighted by Crippen LogP contribution is 2.31. The predicted octanol–water partition coefficient (Wildman–Crippen LogP) is 1.97. The summed E-state index contributed by atoms with van der Waals surface area (Å²) in [5.41, 5.74) is 6.67. The van der Waals surface area contributed by atoms with Crippen LogP contribution in [0.4, 0.5) is 27.5 Å². The van der Waals surface area contributed by atoms with Gasteiger partial charge in [-0.15, -0.1) is 0 Å². The molecule has 10 heteroatoms. The zero-order valence-corrected chi connectivity index (χ0v) is 17.2. The van der Waals surface area contributed by atoms with Gasteiger partial charge in [0.15, 0.2) is 5.82 Å². The van der Waals surface area contributed by atoms with Crippen LogP contribution in [0.3, 0.4) is 0 Å². The SMILES string of the molecule is Cc1cc(C(N)=O)c(F)cc1Nc1ncc(N(C)C)c(N(C=O)C2CCOCC2)n1. The van der Waals surface area contributed by atoms with Crippen molar-refractivity contribution < 1.29 is 18.7 Å². The number of rotatable bonds is 7. The monoisotopic (exact) mass is 416 g/mol. The van der Waals surface area contributed by atoms with E-state index in [9.17, 15) is 14.0 Å². The summed E-state index contributed by atoms with van der Waals surface area (Å²) in [6.07, 6.45) is 3.78. The number of hydrogen-bond donors (Lipinski definition) is 2. The Kier molecular flexibility index (Phi) is 6.46. The minimum Gasteiger partial charge on any atom is -0.381 e. The second-order valence-corrected chi connectivity index (χ2v) is 7.29. The number of anilines is 4. The number of hydrogen-bond acceptors (Lipinski definition) is 7. The summed E-state index contributed by atoms with van der Waals surface area (Å²) in [6.45, 7) is 2.86. The van der Waals surface area contributed by atoms with E-state index in [1.165, 1.54) is 12.1 Å². The molecule has 0 bridgehead atoms. The van der Waals surface area contributed by atoms with E-state index in [0.717, 1.165) is 6.41 Å². The van der Waals surface area contributed by atoms with E-state index in [0.29, 0.717) is 48.8 Å². The number of aryl methyl sites for hydroxylation is 1. The topological polar surface area (TPSA) is 114 Å². The molecule has 3 rings (SSSR count). The van der Waals surface area contributed by atoms with Crippen molar-refractivity contribution in [2.45, 2.75) is 25.8 Å². The van der Waals surface area contributed by atoms with Gasteiger partial charge in [0.25, 0.3) is 5.91 Å².